The maximum atomic E-state index is 13.8. The molecule has 0 saturated heterocycles. The Morgan fingerprint density at radius 2 is 2.06 bits per heavy atom. The number of rotatable bonds is 5. The fourth-order valence-corrected chi connectivity index (χ4v) is 1.95. The van der Waals surface area contributed by atoms with Crippen LogP contribution in [0.3, 0.4) is 0 Å². The molecule has 1 aromatic carbocycles. The zero-order chi connectivity index (χ0) is 13.9. The van der Waals surface area contributed by atoms with E-state index < -0.39 is 11.7 Å². The number of benzene rings is 1. The van der Waals surface area contributed by atoms with Crippen LogP contribution in [-0.2, 0) is 0 Å². The van der Waals surface area contributed by atoms with Crippen LogP contribution in [0.5, 0.6) is 0 Å². The lowest BCUT2D eigenvalue weighted by atomic mass is 9.98. The van der Waals surface area contributed by atoms with Crippen molar-refractivity contribution in [3.8, 4) is 0 Å². The summed E-state index contributed by atoms with van der Waals surface area (Å²) in [6.45, 7) is 5.99. The van der Waals surface area contributed by atoms with Gasteiger partial charge in [-0.1, -0.05) is 13.3 Å². The number of primary amides is 1. The van der Waals surface area contributed by atoms with Gasteiger partial charge in [0.15, 0.2) is 0 Å². The smallest absolute Gasteiger partial charge is 0.250 e. The second-order valence-electron chi connectivity index (χ2n) is 5.04. The third-order valence-electron chi connectivity index (χ3n) is 2.75. The predicted octanol–water partition coefficient (Wildman–Crippen LogP) is 2.50. The summed E-state index contributed by atoms with van der Waals surface area (Å²) >= 11 is 0. The first-order valence-electron chi connectivity index (χ1n) is 5.94. The highest BCUT2D eigenvalue weighted by molar-refractivity contribution is 5.99. The fraction of sp³-hybridized carbons (Fsp3) is 0.462. The number of carbonyl (C=O) groups is 1. The third kappa shape index (κ3) is 3.35. The number of anilines is 2. The van der Waals surface area contributed by atoms with E-state index in [9.17, 15) is 9.18 Å². The molecule has 1 amide bonds. The molecular formula is C13H20FN3O. The Balaban J connectivity index is 3.09. The van der Waals surface area contributed by atoms with Crippen LogP contribution >= 0.6 is 0 Å². The van der Waals surface area contributed by atoms with Gasteiger partial charge in [0.2, 0.25) is 0 Å². The summed E-state index contributed by atoms with van der Waals surface area (Å²) in [7, 11) is 0. The lowest BCUT2D eigenvalue weighted by Gasteiger charge is -2.27. The SMILES string of the molecule is CCCC(C)(C)Nc1cc(C(N)=O)c(N)cc1F. The first-order chi connectivity index (χ1) is 8.26. The van der Waals surface area contributed by atoms with Gasteiger partial charge in [0, 0.05) is 11.2 Å². The Labute approximate surface area is 107 Å². The molecule has 0 aliphatic heterocycles. The summed E-state index contributed by atoms with van der Waals surface area (Å²) in [6, 6.07) is 2.48. The zero-order valence-electron chi connectivity index (χ0n) is 11.0. The van der Waals surface area contributed by atoms with E-state index in [2.05, 4.69) is 12.2 Å². The van der Waals surface area contributed by atoms with Crippen molar-refractivity contribution in [1.82, 2.24) is 0 Å². The van der Waals surface area contributed by atoms with Gasteiger partial charge in [0.1, 0.15) is 5.82 Å². The molecule has 0 fully saturated rings. The lowest BCUT2D eigenvalue weighted by Crippen LogP contribution is -2.31. The van der Waals surface area contributed by atoms with Crippen molar-refractivity contribution < 1.29 is 9.18 Å². The average Bonchev–Trinajstić information content (AvgIpc) is 2.21. The zero-order valence-corrected chi connectivity index (χ0v) is 11.0. The summed E-state index contributed by atoms with van der Waals surface area (Å²) in [5, 5.41) is 3.07. The first kappa shape index (κ1) is 14.3. The van der Waals surface area contributed by atoms with E-state index in [1.807, 2.05) is 13.8 Å². The van der Waals surface area contributed by atoms with Crippen molar-refractivity contribution in [2.75, 3.05) is 11.1 Å². The van der Waals surface area contributed by atoms with Crippen LogP contribution in [-0.4, -0.2) is 11.4 Å². The molecule has 0 radical (unpaired) electrons. The second kappa shape index (κ2) is 5.25. The molecule has 100 valence electrons. The molecule has 0 saturated carbocycles. The number of hydrogen-bond acceptors (Lipinski definition) is 3. The minimum atomic E-state index is -0.663. The van der Waals surface area contributed by atoms with Crippen molar-refractivity contribution in [3.05, 3.63) is 23.5 Å². The summed E-state index contributed by atoms with van der Waals surface area (Å²) in [4.78, 5) is 11.2. The molecule has 18 heavy (non-hydrogen) atoms. The minimum Gasteiger partial charge on any atom is -0.398 e. The van der Waals surface area contributed by atoms with Gasteiger partial charge in [-0.25, -0.2) is 4.39 Å². The van der Waals surface area contributed by atoms with Gasteiger partial charge in [-0.15, -0.1) is 0 Å². The van der Waals surface area contributed by atoms with Gasteiger partial charge in [0.25, 0.3) is 5.91 Å². The molecule has 0 aromatic heterocycles. The highest BCUT2D eigenvalue weighted by Crippen LogP contribution is 2.26. The van der Waals surface area contributed by atoms with Crippen molar-refractivity contribution >= 4 is 17.3 Å². The number of nitrogens with one attached hydrogen (secondary N) is 1. The van der Waals surface area contributed by atoms with Crippen molar-refractivity contribution in [3.63, 3.8) is 0 Å². The van der Waals surface area contributed by atoms with Crippen LogP contribution in [0.1, 0.15) is 44.0 Å². The molecule has 0 unspecified atom stereocenters. The van der Waals surface area contributed by atoms with E-state index in [0.29, 0.717) is 0 Å². The molecule has 0 aliphatic rings. The van der Waals surface area contributed by atoms with Gasteiger partial charge >= 0.3 is 0 Å². The van der Waals surface area contributed by atoms with Crippen LogP contribution < -0.4 is 16.8 Å². The number of hydrogen-bond donors (Lipinski definition) is 3. The van der Waals surface area contributed by atoms with E-state index in [1.165, 1.54) is 6.07 Å². The number of nitrogen functional groups attached to an aromatic ring is 1. The van der Waals surface area contributed by atoms with E-state index in [-0.39, 0.29) is 22.5 Å². The molecule has 1 rings (SSSR count). The van der Waals surface area contributed by atoms with Crippen LogP contribution in [0.25, 0.3) is 0 Å². The topological polar surface area (TPSA) is 81.1 Å². The Bertz CT molecular complexity index is 458. The summed E-state index contributed by atoms with van der Waals surface area (Å²) in [5.74, 6) is -1.15. The molecule has 5 heteroatoms. The third-order valence-corrected chi connectivity index (χ3v) is 2.75. The van der Waals surface area contributed by atoms with E-state index in [0.717, 1.165) is 18.9 Å². The molecule has 4 nitrogen and oxygen atoms in total. The second-order valence-corrected chi connectivity index (χ2v) is 5.04. The molecule has 0 heterocycles. The number of carbonyl (C=O) groups excluding carboxylic acids is 1. The molecule has 0 bridgehead atoms. The van der Waals surface area contributed by atoms with Gasteiger partial charge in [-0.3, -0.25) is 4.79 Å². The normalized spacial score (nSPS) is 11.3. The molecule has 0 spiro atoms. The Morgan fingerprint density at radius 1 is 1.44 bits per heavy atom. The summed E-state index contributed by atoms with van der Waals surface area (Å²) < 4.78 is 13.8. The maximum absolute atomic E-state index is 13.8. The largest absolute Gasteiger partial charge is 0.398 e. The lowest BCUT2D eigenvalue weighted by molar-refractivity contribution is 0.100. The van der Waals surface area contributed by atoms with E-state index >= 15 is 0 Å². The first-order valence-corrected chi connectivity index (χ1v) is 5.94. The van der Waals surface area contributed by atoms with Crippen LogP contribution in [0.4, 0.5) is 15.8 Å². The number of nitrogens with two attached hydrogens (primary N) is 2. The van der Waals surface area contributed by atoms with Crippen LogP contribution in [0.2, 0.25) is 0 Å². The molecule has 1 aromatic rings. The monoisotopic (exact) mass is 253 g/mol. The van der Waals surface area contributed by atoms with Crippen molar-refractivity contribution in [2.24, 2.45) is 5.73 Å². The Morgan fingerprint density at radius 3 is 2.56 bits per heavy atom. The Hall–Kier alpha value is -1.78. The minimum absolute atomic E-state index is 0.0545. The van der Waals surface area contributed by atoms with Gasteiger partial charge < -0.3 is 16.8 Å². The van der Waals surface area contributed by atoms with Gasteiger partial charge in [0.05, 0.1) is 11.3 Å². The highest BCUT2D eigenvalue weighted by atomic mass is 19.1. The van der Waals surface area contributed by atoms with Crippen molar-refractivity contribution in [1.29, 1.82) is 0 Å². The Kier molecular flexibility index (Phi) is 4.16. The number of amides is 1. The maximum Gasteiger partial charge on any atom is 0.250 e. The standard InChI is InChI=1S/C13H20FN3O/c1-4-5-13(2,3)17-11-6-8(12(16)18)10(15)7-9(11)14/h6-7,17H,4-5,15H2,1-3H3,(H2,16,18). The quantitative estimate of drug-likeness (QED) is 0.705. The summed E-state index contributed by atoms with van der Waals surface area (Å²) in [6.07, 6.45) is 1.85. The number of halogens is 1. The molecule has 0 aliphatic carbocycles. The fourth-order valence-electron chi connectivity index (χ4n) is 1.95. The van der Waals surface area contributed by atoms with Crippen LogP contribution in [0, 0.1) is 5.82 Å². The molecule has 0 atom stereocenters. The van der Waals surface area contributed by atoms with Crippen molar-refractivity contribution in [2.45, 2.75) is 39.2 Å². The highest BCUT2D eigenvalue weighted by Gasteiger charge is 2.19. The summed E-state index contributed by atoms with van der Waals surface area (Å²) in [5.41, 5.74) is 10.9. The van der Waals surface area contributed by atoms with Gasteiger partial charge in [-0.2, -0.15) is 0 Å². The van der Waals surface area contributed by atoms with E-state index in [4.69, 9.17) is 11.5 Å². The van der Waals surface area contributed by atoms with Crippen LogP contribution in [0.15, 0.2) is 12.1 Å². The van der Waals surface area contributed by atoms with Gasteiger partial charge in [-0.05, 0) is 32.4 Å². The van der Waals surface area contributed by atoms with E-state index in [1.54, 1.807) is 0 Å². The average molecular weight is 253 g/mol. The predicted molar refractivity (Wildman–Crippen MR) is 71.9 cm³/mol. The molecule has 5 N–H and O–H groups in total. The molecular weight excluding hydrogens is 233 g/mol.